The Morgan fingerprint density at radius 2 is 1.97 bits per heavy atom. The summed E-state index contributed by atoms with van der Waals surface area (Å²) in [7, 11) is 3.74. The van der Waals surface area contributed by atoms with E-state index >= 15 is 0 Å². The Balaban J connectivity index is 1.50. The fourth-order valence-corrected chi connectivity index (χ4v) is 3.92. The van der Waals surface area contributed by atoms with Crippen LogP contribution in [-0.2, 0) is 17.6 Å². The average Bonchev–Trinajstić information content (AvgIpc) is 3.17. The normalized spacial score (nSPS) is 12.4. The molecule has 158 valence electrons. The molecule has 0 aliphatic carbocycles. The Kier molecular flexibility index (Phi) is 5.91. The molecular formula is C24H23ClN4O2. The highest BCUT2D eigenvalue weighted by Crippen LogP contribution is 2.31. The summed E-state index contributed by atoms with van der Waals surface area (Å²) in [4.78, 5) is 33.5. The Labute approximate surface area is 186 Å². The van der Waals surface area contributed by atoms with E-state index < -0.39 is 0 Å². The number of rotatable bonds is 5. The molecule has 2 heterocycles. The standard InChI is InChI=1S/C24H23ClN4O2/c1-28(2)22-14-17(25)6-8-20(22)24(31)27-19-7-9-21-16(13-19)10-12-29(21)23(30)15-18-5-3-4-11-26-18/h3-9,11,13-14H,10,12,15H2,1-2H3,(H,27,31). The monoisotopic (exact) mass is 434 g/mol. The van der Waals surface area contributed by atoms with Gasteiger partial charge in [0.25, 0.3) is 5.91 Å². The molecule has 0 fully saturated rings. The summed E-state index contributed by atoms with van der Waals surface area (Å²) in [5.41, 5.74) is 4.67. The molecular weight excluding hydrogens is 412 g/mol. The molecule has 0 spiro atoms. The number of fused-ring (bicyclic) bond motifs is 1. The van der Waals surface area contributed by atoms with Crippen molar-refractivity contribution >= 4 is 40.5 Å². The molecule has 2 aromatic carbocycles. The number of nitrogens with zero attached hydrogens (tertiary/aromatic N) is 3. The Morgan fingerprint density at radius 1 is 1.13 bits per heavy atom. The minimum atomic E-state index is -0.207. The van der Waals surface area contributed by atoms with Gasteiger partial charge in [-0.15, -0.1) is 0 Å². The van der Waals surface area contributed by atoms with Crippen LogP contribution in [0.3, 0.4) is 0 Å². The van der Waals surface area contributed by atoms with Crippen LogP contribution in [0.15, 0.2) is 60.8 Å². The van der Waals surface area contributed by atoms with E-state index in [9.17, 15) is 9.59 Å². The topological polar surface area (TPSA) is 65.5 Å². The summed E-state index contributed by atoms with van der Waals surface area (Å²) in [6, 6.07) is 16.4. The molecule has 1 aromatic heterocycles. The number of carbonyl (C=O) groups excluding carboxylic acids is 2. The van der Waals surface area contributed by atoms with Crippen molar-refractivity contribution in [3.05, 3.63) is 82.6 Å². The predicted octanol–water partition coefficient (Wildman–Crippen LogP) is 4.19. The maximum atomic E-state index is 12.9. The first-order valence-corrected chi connectivity index (χ1v) is 10.4. The molecule has 0 atom stereocenters. The van der Waals surface area contributed by atoms with Gasteiger partial charge < -0.3 is 15.1 Å². The quantitative estimate of drug-likeness (QED) is 0.654. The number of amides is 2. The molecule has 0 bridgehead atoms. The third kappa shape index (κ3) is 4.54. The van der Waals surface area contributed by atoms with E-state index in [-0.39, 0.29) is 18.2 Å². The molecule has 0 saturated carbocycles. The highest BCUT2D eigenvalue weighted by molar-refractivity contribution is 6.31. The zero-order valence-corrected chi connectivity index (χ0v) is 18.2. The SMILES string of the molecule is CN(C)c1cc(Cl)ccc1C(=O)Nc1ccc2c(c1)CCN2C(=O)Cc1ccccn1. The number of benzene rings is 2. The number of pyridine rings is 1. The number of anilines is 3. The van der Waals surface area contributed by atoms with Crippen LogP contribution in [0.2, 0.25) is 5.02 Å². The van der Waals surface area contributed by atoms with Gasteiger partial charge in [-0.25, -0.2) is 0 Å². The number of carbonyl (C=O) groups is 2. The van der Waals surface area contributed by atoms with E-state index in [2.05, 4.69) is 10.3 Å². The third-order valence-electron chi connectivity index (χ3n) is 5.28. The van der Waals surface area contributed by atoms with Gasteiger partial charge in [-0.1, -0.05) is 17.7 Å². The zero-order valence-electron chi connectivity index (χ0n) is 17.4. The van der Waals surface area contributed by atoms with Crippen molar-refractivity contribution in [3.63, 3.8) is 0 Å². The lowest BCUT2D eigenvalue weighted by atomic mass is 10.1. The lowest BCUT2D eigenvalue weighted by Gasteiger charge is -2.19. The predicted molar refractivity (Wildman–Crippen MR) is 124 cm³/mol. The third-order valence-corrected chi connectivity index (χ3v) is 5.51. The Hall–Kier alpha value is -3.38. The number of aromatic nitrogens is 1. The van der Waals surface area contributed by atoms with Crippen molar-refractivity contribution in [1.82, 2.24) is 4.98 Å². The summed E-state index contributed by atoms with van der Waals surface area (Å²) in [6.07, 6.45) is 2.71. The molecule has 1 aliphatic rings. The Bertz CT molecular complexity index is 1130. The van der Waals surface area contributed by atoms with Gasteiger partial charge in [0, 0.05) is 48.9 Å². The van der Waals surface area contributed by atoms with E-state index in [0.29, 0.717) is 22.8 Å². The van der Waals surface area contributed by atoms with Gasteiger partial charge in [-0.05, 0) is 60.5 Å². The molecule has 2 amide bonds. The fourth-order valence-electron chi connectivity index (χ4n) is 3.76. The summed E-state index contributed by atoms with van der Waals surface area (Å²) in [6.45, 7) is 0.625. The second-order valence-corrected chi connectivity index (χ2v) is 8.08. The molecule has 0 unspecified atom stereocenters. The summed E-state index contributed by atoms with van der Waals surface area (Å²) in [5.74, 6) is -0.188. The maximum absolute atomic E-state index is 12.9. The lowest BCUT2D eigenvalue weighted by molar-refractivity contribution is -0.117. The minimum absolute atomic E-state index is 0.0195. The van der Waals surface area contributed by atoms with Crippen LogP contribution in [0.25, 0.3) is 0 Å². The van der Waals surface area contributed by atoms with Crippen molar-refractivity contribution in [3.8, 4) is 0 Å². The van der Waals surface area contributed by atoms with Crippen LogP contribution >= 0.6 is 11.6 Å². The summed E-state index contributed by atoms with van der Waals surface area (Å²) < 4.78 is 0. The highest BCUT2D eigenvalue weighted by Gasteiger charge is 2.25. The number of hydrogen-bond donors (Lipinski definition) is 1. The molecule has 4 rings (SSSR count). The van der Waals surface area contributed by atoms with Crippen LogP contribution in [0.1, 0.15) is 21.6 Å². The molecule has 6 nitrogen and oxygen atoms in total. The van der Waals surface area contributed by atoms with E-state index in [0.717, 1.165) is 29.1 Å². The van der Waals surface area contributed by atoms with E-state index in [4.69, 9.17) is 11.6 Å². The van der Waals surface area contributed by atoms with Gasteiger partial charge in [-0.2, -0.15) is 0 Å². The highest BCUT2D eigenvalue weighted by atomic mass is 35.5. The van der Waals surface area contributed by atoms with Crippen LogP contribution < -0.4 is 15.1 Å². The fraction of sp³-hybridized carbons (Fsp3) is 0.208. The summed E-state index contributed by atoms with van der Waals surface area (Å²) >= 11 is 6.09. The first-order valence-electron chi connectivity index (χ1n) is 10.0. The number of hydrogen-bond acceptors (Lipinski definition) is 4. The molecule has 3 aromatic rings. The van der Waals surface area contributed by atoms with Gasteiger partial charge in [0.05, 0.1) is 17.7 Å². The van der Waals surface area contributed by atoms with E-state index in [1.165, 1.54) is 0 Å². The van der Waals surface area contributed by atoms with E-state index in [1.807, 2.05) is 55.4 Å². The van der Waals surface area contributed by atoms with Crippen LogP contribution in [0.5, 0.6) is 0 Å². The molecule has 1 N–H and O–H groups in total. The first-order chi connectivity index (χ1) is 14.9. The minimum Gasteiger partial charge on any atom is -0.377 e. The smallest absolute Gasteiger partial charge is 0.257 e. The van der Waals surface area contributed by atoms with Gasteiger partial charge >= 0.3 is 0 Å². The molecule has 31 heavy (non-hydrogen) atoms. The van der Waals surface area contributed by atoms with Gasteiger partial charge in [0.2, 0.25) is 5.91 Å². The average molecular weight is 435 g/mol. The maximum Gasteiger partial charge on any atom is 0.257 e. The number of nitrogens with one attached hydrogen (secondary N) is 1. The summed E-state index contributed by atoms with van der Waals surface area (Å²) in [5, 5.41) is 3.54. The van der Waals surface area contributed by atoms with E-state index in [1.54, 1.807) is 29.3 Å². The van der Waals surface area contributed by atoms with Gasteiger partial charge in [-0.3, -0.25) is 14.6 Å². The van der Waals surface area contributed by atoms with Gasteiger partial charge in [0.15, 0.2) is 0 Å². The van der Waals surface area contributed by atoms with Crippen molar-refractivity contribution in [2.24, 2.45) is 0 Å². The first kappa shape index (κ1) is 20.9. The molecule has 1 aliphatic heterocycles. The molecule has 0 saturated heterocycles. The van der Waals surface area contributed by atoms with Crippen molar-refractivity contribution in [2.75, 3.05) is 35.8 Å². The van der Waals surface area contributed by atoms with Crippen molar-refractivity contribution in [2.45, 2.75) is 12.8 Å². The second kappa shape index (κ2) is 8.78. The number of halogens is 1. The largest absolute Gasteiger partial charge is 0.377 e. The molecule has 0 radical (unpaired) electrons. The van der Waals surface area contributed by atoms with Crippen LogP contribution in [-0.4, -0.2) is 37.4 Å². The van der Waals surface area contributed by atoms with Crippen molar-refractivity contribution in [1.29, 1.82) is 0 Å². The zero-order chi connectivity index (χ0) is 22.0. The van der Waals surface area contributed by atoms with Crippen LogP contribution in [0.4, 0.5) is 17.1 Å². The van der Waals surface area contributed by atoms with Crippen molar-refractivity contribution < 1.29 is 9.59 Å². The molecule has 7 heteroatoms. The van der Waals surface area contributed by atoms with Gasteiger partial charge in [0.1, 0.15) is 0 Å². The second-order valence-electron chi connectivity index (χ2n) is 7.65. The lowest BCUT2D eigenvalue weighted by Crippen LogP contribution is -2.30. The van der Waals surface area contributed by atoms with Crippen LogP contribution in [0, 0.1) is 0 Å². The Morgan fingerprint density at radius 3 is 2.71 bits per heavy atom.